The zero-order valence-electron chi connectivity index (χ0n) is 15.1. The third-order valence-electron chi connectivity index (χ3n) is 3.94. The minimum Gasteiger partial charge on any atom is -0.493 e. The highest BCUT2D eigenvalue weighted by Crippen LogP contribution is 2.34. The first-order valence-corrected chi connectivity index (χ1v) is 8.09. The molecule has 1 aromatic heterocycles. The standard InChI is InChI=1S/C19H18N4O4/c1-11(24)12-5-4-6-14(9-12)20-22-18-17(21-23-19(18)25)13-7-8-15(26-2)16(10-13)27-3/h4-10H,1-3H3,(H2,21,23,25). The Kier molecular flexibility index (Phi) is 5.16. The van der Waals surface area contributed by atoms with Crippen molar-refractivity contribution in [1.29, 1.82) is 0 Å². The maximum absolute atomic E-state index is 12.1. The summed E-state index contributed by atoms with van der Waals surface area (Å²) >= 11 is 0. The molecular formula is C19H18N4O4. The first-order valence-electron chi connectivity index (χ1n) is 8.09. The number of carbonyl (C=O) groups excluding carboxylic acids is 1. The van der Waals surface area contributed by atoms with Crippen molar-refractivity contribution in [3.05, 3.63) is 58.4 Å². The number of benzene rings is 2. The third kappa shape index (κ3) is 3.79. The fraction of sp³-hybridized carbons (Fsp3) is 0.158. The number of carbonyl (C=O) groups is 1. The molecule has 1 heterocycles. The molecule has 3 aromatic rings. The third-order valence-corrected chi connectivity index (χ3v) is 3.94. The number of hydrogen-bond acceptors (Lipinski definition) is 6. The van der Waals surface area contributed by atoms with Gasteiger partial charge in [0.05, 0.1) is 25.6 Å². The number of azo groups is 1. The van der Waals surface area contributed by atoms with E-state index < -0.39 is 5.56 Å². The summed E-state index contributed by atoms with van der Waals surface area (Å²) in [4.78, 5) is 23.6. The zero-order valence-corrected chi connectivity index (χ0v) is 15.1. The summed E-state index contributed by atoms with van der Waals surface area (Å²) < 4.78 is 10.5. The summed E-state index contributed by atoms with van der Waals surface area (Å²) in [5.41, 5.74) is 1.85. The number of aromatic amines is 2. The molecule has 0 fully saturated rings. The molecule has 0 radical (unpaired) electrons. The molecule has 0 unspecified atom stereocenters. The lowest BCUT2D eigenvalue weighted by Crippen LogP contribution is -1.96. The van der Waals surface area contributed by atoms with E-state index in [1.807, 2.05) is 0 Å². The van der Waals surface area contributed by atoms with Crippen LogP contribution >= 0.6 is 0 Å². The number of aromatic nitrogens is 2. The van der Waals surface area contributed by atoms with E-state index in [0.29, 0.717) is 34.0 Å². The average molecular weight is 366 g/mol. The second-order valence-corrected chi connectivity index (χ2v) is 5.68. The Morgan fingerprint density at radius 3 is 2.44 bits per heavy atom. The molecule has 8 nitrogen and oxygen atoms in total. The van der Waals surface area contributed by atoms with Gasteiger partial charge in [-0.25, -0.2) is 0 Å². The molecule has 8 heteroatoms. The number of methoxy groups -OCH3 is 2. The summed E-state index contributed by atoms with van der Waals surface area (Å²) in [5.74, 6) is 1.02. The van der Waals surface area contributed by atoms with Gasteiger partial charge in [-0.05, 0) is 37.3 Å². The number of nitrogens with zero attached hydrogens (tertiary/aromatic N) is 2. The molecular weight excluding hydrogens is 348 g/mol. The Morgan fingerprint density at radius 2 is 1.74 bits per heavy atom. The zero-order chi connectivity index (χ0) is 19.4. The SMILES string of the molecule is COc1ccc(-c2[nH][nH]c(=O)c2N=Nc2cccc(C(C)=O)c2)cc1OC. The van der Waals surface area contributed by atoms with Gasteiger partial charge in [0.1, 0.15) is 0 Å². The molecule has 138 valence electrons. The molecule has 0 aliphatic carbocycles. The van der Waals surface area contributed by atoms with Gasteiger partial charge < -0.3 is 9.47 Å². The number of ketones is 1. The van der Waals surface area contributed by atoms with Crippen LogP contribution in [0.5, 0.6) is 11.5 Å². The summed E-state index contributed by atoms with van der Waals surface area (Å²) in [6.07, 6.45) is 0. The van der Waals surface area contributed by atoms with Crippen LogP contribution in [0.3, 0.4) is 0 Å². The van der Waals surface area contributed by atoms with Crippen molar-refractivity contribution in [3.8, 4) is 22.8 Å². The van der Waals surface area contributed by atoms with Crippen LogP contribution in [0.25, 0.3) is 11.3 Å². The van der Waals surface area contributed by atoms with E-state index in [1.165, 1.54) is 14.0 Å². The van der Waals surface area contributed by atoms with Gasteiger partial charge in [-0.1, -0.05) is 12.1 Å². The van der Waals surface area contributed by atoms with Crippen molar-refractivity contribution in [2.75, 3.05) is 14.2 Å². The Morgan fingerprint density at radius 1 is 0.963 bits per heavy atom. The van der Waals surface area contributed by atoms with Crippen LogP contribution < -0.4 is 15.0 Å². The molecule has 0 amide bonds. The highest BCUT2D eigenvalue weighted by Gasteiger charge is 2.14. The van der Waals surface area contributed by atoms with E-state index in [-0.39, 0.29) is 11.5 Å². The number of rotatable bonds is 6. The molecule has 0 saturated carbocycles. The second kappa shape index (κ2) is 7.69. The van der Waals surface area contributed by atoms with Crippen LogP contribution in [0.2, 0.25) is 0 Å². The number of Topliss-reactive ketones (excluding diaryl/α,β-unsaturated/α-hetero) is 1. The Balaban J connectivity index is 2.00. The van der Waals surface area contributed by atoms with Gasteiger partial charge in [-0.2, -0.15) is 5.11 Å². The number of nitrogens with one attached hydrogen (secondary N) is 2. The fourth-order valence-electron chi connectivity index (χ4n) is 2.54. The van der Waals surface area contributed by atoms with Gasteiger partial charge in [0.15, 0.2) is 23.0 Å². The van der Waals surface area contributed by atoms with Gasteiger partial charge in [-0.15, -0.1) is 5.11 Å². The van der Waals surface area contributed by atoms with Crippen molar-refractivity contribution >= 4 is 17.2 Å². The van der Waals surface area contributed by atoms with Crippen LogP contribution in [0, 0.1) is 0 Å². The molecule has 0 aliphatic heterocycles. The van der Waals surface area contributed by atoms with Crippen molar-refractivity contribution in [1.82, 2.24) is 10.2 Å². The molecule has 0 atom stereocenters. The molecule has 0 saturated heterocycles. The van der Waals surface area contributed by atoms with E-state index >= 15 is 0 Å². The Bertz CT molecular complexity index is 1070. The molecule has 0 spiro atoms. The summed E-state index contributed by atoms with van der Waals surface area (Å²) in [7, 11) is 3.08. The van der Waals surface area contributed by atoms with Crippen molar-refractivity contribution < 1.29 is 14.3 Å². The average Bonchev–Trinajstić information content (AvgIpc) is 3.06. The van der Waals surface area contributed by atoms with Crippen LogP contribution in [-0.2, 0) is 0 Å². The van der Waals surface area contributed by atoms with Gasteiger partial charge in [0.25, 0.3) is 5.56 Å². The topological polar surface area (TPSA) is 109 Å². The molecule has 0 aliphatic rings. The maximum atomic E-state index is 12.1. The van der Waals surface area contributed by atoms with Crippen LogP contribution in [0.4, 0.5) is 11.4 Å². The van der Waals surface area contributed by atoms with E-state index in [9.17, 15) is 9.59 Å². The Hall–Kier alpha value is -3.68. The van der Waals surface area contributed by atoms with Gasteiger partial charge in [0, 0.05) is 11.1 Å². The molecule has 3 rings (SSSR count). The number of hydrogen-bond donors (Lipinski definition) is 2. The van der Waals surface area contributed by atoms with E-state index in [2.05, 4.69) is 20.4 Å². The summed E-state index contributed by atoms with van der Waals surface area (Å²) in [6, 6.07) is 12.0. The minimum atomic E-state index is -0.411. The highest BCUT2D eigenvalue weighted by atomic mass is 16.5. The number of H-pyrrole nitrogens is 2. The van der Waals surface area contributed by atoms with E-state index in [1.54, 1.807) is 49.6 Å². The first-order chi connectivity index (χ1) is 13.0. The van der Waals surface area contributed by atoms with Crippen molar-refractivity contribution in [2.24, 2.45) is 10.2 Å². The maximum Gasteiger partial charge on any atom is 0.292 e. The fourth-order valence-corrected chi connectivity index (χ4v) is 2.54. The largest absolute Gasteiger partial charge is 0.493 e. The molecule has 2 aromatic carbocycles. The summed E-state index contributed by atoms with van der Waals surface area (Å²) in [5, 5.41) is 13.5. The van der Waals surface area contributed by atoms with Gasteiger partial charge >= 0.3 is 0 Å². The lowest BCUT2D eigenvalue weighted by Gasteiger charge is -2.08. The monoisotopic (exact) mass is 366 g/mol. The minimum absolute atomic E-state index is 0.0717. The predicted octanol–water partition coefficient (Wildman–Crippen LogP) is 4.01. The van der Waals surface area contributed by atoms with Gasteiger partial charge in [-0.3, -0.25) is 19.8 Å². The molecule has 0 bridgehead atoms. The molecule has 2 N–H and O–H groups in total. The normalized spacial score (nSPS) is 10.9. The number of ether oxygens (including phenoxy) is 2. The first kappa shape index (κ1) is 18.1. The van der Waals surface area contributed by atoms with Crippen LogP contribution in [-0.4, -0.2) is 30.2 Å². The molecule has 27 heavy (non-hydrogen) atoms. The lowest BCUT2D eigenvalue weighted by atomic mass is 10.1. The van der Waals surface area contributed by atoms with E-state index in [4.69, 9.17) is 9.47 Å². The van der Waals surface area contributed by atoms with Crippen LogP contribution in [0.1, 0.15) is 17.3 Å². The van der Waals surface area contributed by atoms with Crippen LogP contribution in [0.15, 0.2) is 57.5 Å². The summed E-state index contributed by atoms with van der Waals surface area (Å²) in [6.45, 7) is 1.47. The van der Waals surface area contributed by atoms with E-state index in [0.717, 1.165) is 0 Å². The predicted molar refractivity (Wildman–Crippen MR) is 101 cm³/mol. The van der Waals surface area contributed by atoms with Gasteiger partial charge in [0.2, 0.25) is 0 Å². The highest BCUT2D eigenvalue weighted by molar-refractivity contribution is 5.94. The smallest absolute Gasteiger partial charge is 0.292 e. The quantitative estimate of drug-likeness (QED) is 0.507. The Labute approximate surface area is 154 Å². The van der Waals surface area contributed by atoms with Crippen molar-refractivity contribution in [3.63, 3.8) is 0 Å². The lowest BCUT2D eigenvalue weighted by molar-refractivity contribution is 0.101. The van der Waals surface area contributed by atoms with Crippen molar-refractivity contribution in [2.45, 2.75) is 6.92 Å². The second-order valence-electron chi connectivity index (χ2n) is 5.68.